The third-order valence-electron chi connectivity index (χ3n) is 1.51. The first-order chi connectivity index (χ1) is 6.57. The van der Waals surface area contributed by atoms with Gasteiger partial charge in [0.2, 0.25) is 0 Å². The average Bonchev–Trinajstić information content (AvgIpc) is 2.47. The van der Waals surface area contributed by atoms with Gasteiger partial charge >= 0.3 is 5.97 Å². The molecule has 0 amide bonds. The van der Waals surface area contributed by atoms with Gasteiger partial charge in [-0.25, -0.2) is 4.79 Å². The molecule has 0 radical (unpaired) electrons. The number of aromatic nitrogens is 2. The molecule has 0 unspecified atom stereocenters. The van der Waals surface area contributed by atoms with E-state index in [9.17, 15) is 4.79 Å². The summed E-state index contributed by atoms with van der Waals surface area (Å²) in [5.74, 6) is -0.441. The van der Waals surface area contributed by atoms with Crippen molar-refractivity contribution < 1.29 is 9.53 Å². The Morgan fingerprint density at radius 3 is 2.86 bits per heavy atom. The van der Waals surface area contributed by atoms with Crippen molar-refractivity contribution in [1.29, 1.82) is 0 Å². The highest BCUT2D eigenvalue weighted by atomic mass is 32.1. The molecule has 0 fully saturated rings. The van der Waals surface area contributed by atoms with Gasteiger partial charge < -0.3 is 16.2 Å². The lowest BCUT2D eigenvalue weighted by molar-refractivity contribution is 0.0527. The normalized spacial score (nSPS) is 9.79. The molecule has 0 bridgehead atoms. The lowest BCUT2D eigenvalue weighted by atomic mass is 10.3. The number of rotatable bonds is 2. The molecule has 0 aliphatic carbocycles. The van der Waals surface area contributed by atoms with Gasteiger partial charge in [0.1, 0.15) is 11.4 Å². The fraction of sp³-hybridized carbons (Fsp3) is 0.286. The maximum absolute atomic E-state index is 11.3. The van der Waals surface area contributed by atoms with Gasteiger partial charge in [-0.15, -0.1) is 0 Å². The van der Waals surface area contributed by atoms with Crippen LogP contribution in [0.25, 0.3) is 0 Å². The highest BCUT2D eigenvalue weighted by Gasteiger charge is 2.16. The number of ether oxygens (including phenoxy) is 1. The number of anilines is 1. The van der Waals surface area contributed by atoms with Crippen molar-refractivity contribution in [1.82, 2.24) is 9.78 Å². The van der Waals surface area contributed by atoms with Crippen LogP contribution in [0.15, 0.2) is 6.20 Å². The molecule has 1 heterocycles. The summed E-state index contributed by atoms with van der Waals surface area (Å²) < 4.78 is 5.84. The number of hydrogen-bond donors (Lipinski definition) is 2. The van der Waals surface area contributed by atoms with E-state index in [4.69, 9.17) is 16.2 Å². The molecular formula is C7H10N4O2S. The van der Waals surface area contributed by atoms with E-state index < -0.39 is 5.97 Å². The Bertz CT molecular complexity index is 374. The minimum atomic E-state index is -0.535. The Hall–Kier alpha value is -1.63. The summed E-state index contributed by atoms with van der Waals surface area (Å²) in [6.07, 6.45) is 1.27. The largest absolute Gasteiger partial charge is 0.462 e. The van der Waals surface area contributed by atoms with Crippen molar-refractivity contribution in [3.05, 3.63) is 11.8 Å². The molecule has 1 aromatic heterocycles. The second-order valence-electron chi connectivity index (χ2n) is 2.41. The molecule has 7 heteroatoms. The van der Waals surface area contributed by atoms with E-state index in [0.29, 0.717) is 0 Å². The minimum Gasteiger partial charge on any atom is -0.462 e. The second kappa shape index (κ2) is 4.05. The van der Waals surface area contributed by atoms with E-state index in [1.165, 1.54) is 6.20 Å². The van der Waals surface area contributed by atoms with Crippen LogP contribution in [-0.4, -0.2) is 27.5 Å². The molecule has 0 atom stereocenters. The monoisotopic (exact) mass is 214 g/mol. The van der Waals surface area contributed by atoms with Gasteiger partial charge in [0, 0.05) is 0 Å². The van der Waals surface area contributed by atoms with E-state index >= 15 is 0 Å². The quantitative estimate of drug-likeness (QED) is 0.520. The highest BCUT2D eigenvalue weighted by Crippen LogP contribution is 2.11. The van der Waals surface area contributed by atoms with Crippen LogP contribution in [0.5, 0.6) is 0 Å². The zero-order valence-electron chi connectivity index (χ0n) is 7.56. The summed E-state index contributed by atoms with van der Waals surface area (Å²) in [7, 11) is 0. The van der Waals surface area contributed by atoms with E-state index in [0.717, 1.165) is 4.68 Å². The van der Waals surface area contributed by atoms with Crippen LogP contribution in [0.4, 0.5) is 5.82 Å². The number of carbonyl (C=O) groups excluding carboxylic acids is 1. The molecule has 6 nitrogen and oxygen atoms in total. The van der Waals surface area contributed by atoms with Crippen LogP contribution in [-0.2, 0) is 4.74 Å². The summed E-state index contributed by atoms with van der Waals surface area (Å²) in [6.45, 7) is 1.97. The van der Waals surface area contributed by atoms with Crippen molar-refractivity contribution in [2.45, 2.75) is 6.92 Å². The van der Waals surface area contributed by atoms with Crippen molar-refractivity contribution in [3.63, 3.8) is 0 Å². The summed E-state index contributed by atoms with van der Waals surface area (Å²) in [6, 6.07) is 0. The smallest absolute Gasteiger partial charge is 0.343 e. The summed E-state index contributed by atoms with van der Waals surface area (Å²) in [5, 5.41) is 3.73. The van der Waals surface area contributed by atoms with E-state index in [2.05, 4.69) is 17.3 Å². The van der Waals surface area contributed by atoms with Crippen LogP contribution in [0, 0.1) is 0 Å². The fourth-order valence-electron chi connectivity index (χ4n) is 0.900. The summed E-state index contributed by atoms with van der Waals surface area (Å²) in [5.41, 5.74) is 11.0. The third kappa shape index (κ3) is 1.82. The zero-order valence-corrected chi connectivity index (χ0v) is 8.37. The van der Waals surface area contributed by atoms with Crippen LogP contribution in [0.1, 0.15) is 17.3 Å². The van der Waals surface area contributed by atoms with Gasteiger partial charge in [-0.3, -0.25) is 0 Å². The van der Waals surface area contributed by atoms with Gasteiger partial charge in [0.25, 0.3) is 0 Å². The van der Waals surface area contributed by atoms with Crippen molar-refractivity contribution >= 4 is 29.1 Å². The SMILES string of the molecule is CCOC(=O)c1cnn(C(N)=S)c1N. The van der Waals surface area contributed by atoms with Gasteiger partial charge in [-0.05, 0) is 19.1 Å². The first-order valence-corrected chi connectivity index (χ1v) is 4.29. The first kappa shape index (κ1) is 10.5. The fourth-order valence-corrected chi connectivity index (χ4v) is 1.05. The summed E-state index contributed by atoms with van der Waals surface area (Å²) in [4.78, 5) is 11.3. The van der Waals surface area contributed by atoms with Gasteiger partial charge in [-0.2, -0.15) is 9.78 Å². The minimum absolute atomic E-state index is 0.0157. The van der Waals surface area contributed by atoms with Crippen molar-refractivity contribution in [2.75, 3.05) is 12.3 Å². The van der Waals surface area contributed by atoms with Gasteiger partial charge in [-0.1, -0.05) is 0 Å². The number of nitrogens with two attached hydrogens (primary N) is 2. The Labute approximate surface area is 85.8 Å². The van der Waals surface area contributed by atoms with E-state index in [1.807, 2.05) is 0 Å². The van der Waals surface area contributed by atoms with E-state index in [-0.39, 0.29) is 23.1 Å². The van der Waals surface area contributed by atoms with Gasteiger partial charge in [0.15, 0.2) is 5.11 Å². The van der Waals surface area contributed by atoms with Crippen LogP contribution in [0.2, 0.25) is 0 Å². The van der Waals surface area contributed by atoms with Crippen molar-refractivity contribution in [2.24, 2.45) is 5.73 Å². The number of carbonyl (C=O) groups is 1. The van der Waals surface area contributed by atoms with Crippen LogP contribution >= 0.6 is 12.2 Å². The molecule has 0 saturated carbocycles. The van der Waals surface area contributed by atoms with Crippen LogP contribution in [0.3, 0.4) is 0 Å². The highest BCUT2D eigenvalue weighted by molar-refractivity contribution is 7.80. The Balaban J connectivity index is 3.00. The Kier molecular flexibility index (Phi) is 3.03. The van der Waals surface area contributed by atoms with Crippen LogP contribution < -0.4 is 11.5 Å². The molecule has 14 heavy (non-hydrogen) atoms. The Morgan fingerprint density at radius 2 is 2.43 bits per heavy atom. The molecule has 76 valence electrons. The lowest BCUT2D eigenvalue weighted by Gasteiger charge is -2.01. The molecule has 0 aliphatic rings. The number of hydrogen-bond acceptors (Lipinski definition) is 5. The molecule has 1 rings (SSSR count). The predicted molar refractivity (Wildman–Crippen MR) is 54.8 cm³/mol. The van der Waals surface area contributed by atoms with E-state index in [1.54, 1.807) is 6.92 Å². The average molecular weight is 214 g/mol. The molecule has 0 aliphatic heterocycles. The molecule has 1 aromatic rings. The summed E-state index contributed by atoms with van der Waals surface area (Å²) >= 11 is 4.66. The number of thiocarbonyl (C=S) groups is 1. The molecule has 0 spiro atoms. The number of nitrogens with zero attached hydrogens (tertiary/aromatic N) is 2. The standard InChI is InChI=1S/C7H10N4O2S/c1-2-13-6(12)4-3-10-11(5(4)8)7(9)14/h3H,2,8H2,1H3,(H2,9,14). The second-order valence-corrected chi connectivity index (χ2v) is 2.83. The van der Waals surface area contributed by atoms with Gasteiger partial charge in [0.05, 0.1) is 12.8 Å². The molecule has 0 aromatic carbocycles. The number of nitrogen functional groups attached to an aromatic ring is 1. The number of esters is 1. The van der Waals surface area contributed by atoms with Crippen molar-refractivity contribution in [3.8, 4) is 0 Å². The zero-order chi connectivity index (χ0) is 10.7. The molecule has 4 N–H and O–H groups in total. The predicted octanol–water partition coefficient (Wildman–Crippen LogP) is -0.266. The maximum Gasteiger partial charge on any atom is 0.343 e. The Morgan fingerprint density at radius 1 is 1.79 bits per heavy atom. The topological polar surface area (TPSA) is 96.2 Å². The molecular weight excluding hydrogens is 204 g/mol. The maximum atomic E-state index is 11.3. The third-order valence-corrected chi connectivity index (χ3v) is 1.68. The lowest BCUT2D eigenvalue weighted by Crippen LogP contribution is -2.22. The molecule has 0 saturated heterocycles. The first-order valence-electron chi connectivity index (χ1n) is 3.88.